The van der Waals surface area contributed by atoms with Crippen LogP contribution in [0.3, 0.4) is 0 Å². The van der Waals surface area contributed by atoms with Gasteiger partial charge < -0.3 is 4.79 Å². The molecule has 5 heavy (non-hydrogen) atoms. The van der Waals surface area contributed by atoms with Crippen molar-refractivity contribution in [1.29, 1.82) is 0 Å². The highest BCUT2D eigenvalue weighted by Crippen LogP contribution is 2.09. The SMILES string of the molecule is O=CC1C=C1. The summed E-state index contributed by atoms with van der Waals surface area (Å²) in [6.07, 6.45) is 4.62. The van der Waals surface area contributed by atoms with Crippen molar-refractivity contribution in [3.63, 3.8) is 0 Å². The van der Waals surface area contributed by atoms with Gasteiger partial charge >= 0.3 is 0 Å². The largest absolute Gasteiger partial charge is 0.302 e. The topological polar surface area (TPSA) is 17.1 Å². The molecule has 0 aromatic heterocycles. The average Bonchev–Trinajstić information content (AvgIpc) is 2.12. The van der Waals surface area contributed by atoms with Gasteiger partial charge in [0.15, 0.2) is 0 Å². The van der Waals surface area contributed by atoms with Gasteiger partial charge in [0.25, 0.3) is 0 Å². The van der Waals surface area contributed by atoms with Gasteiger partial charge in [-0.2, -0.15) is 0 Å². The molecule has 0 amide bonds. The highest BCUT2D eigenvalue weighted by molar-refractivity contribution is 5.65. The van der Waals surface area contributed by atoms with E-state index in [4.69, 9.17) is 0 Å². The summed E-state index contributed by atoms with van der Waals surface area (Å²) in [6, 6.07) is 0. The fraction of sp³-hybridized carbons (Fsp3) is 0.250. The maximum atomic E-state index is 9.50. The van der Waals surface area contributed by atoms with Crippen molar-refractivity contribution in [2.45, 2.75) is 0 Å². The van der Waals surface area contributed by atoms with Crippen molar-refractivity contribution in [2.24, 2.45) is 5.92 Å². The first-order chi connectivity index (χ1) is 2.43. The molecule has 0 aromatic rings. The highest BCUT2D eigenvalue weighted by atomic mass is 16.1. The van der Waals surface area contributed by atoms with Crippen LogP contribution in [0.5, 0.6) is 0 Å². The third kappa shape index (κ3) is 0.349. The van der Waals surface area contributed by atoms with Gasteiger partial charge in [0, 0.05) is 0 Å². The third-order valence-electron chi connectivity index (χ3n) is 0.572. The molecule has 0 spiro atoms. The second-order valence-corrected chi connectivity index (χ2v) is 1.10. The predicted octanol–water partition coefficient (Wildman–Crippen LogP) is 0.371. The molecule has 0 fully saturated rings. The summed E-state index contributed by atoms with van der Waals surface area (Å²) in [6.45, 7) is 0. The molecule has 0 heterocycles. The number of hydrogen-bond acceptors (Lipinski definition) is 1. The van der Waals surface area contributed by atoms with E-state index in [-0.39, 0.29) is 5.92 Å². The molecule has 1 nitrogen and oxygen atoms in total. The molecule has 1 rings (SSSR count). The maximum Gasteiger partial charge on any atom is 0.130 e. The summed E-state index contributed by atoms with van der Waals surface area (Å²) in [5.41, 5.74) is 0. The van der Waals surface area contributed by atoms with Gasteiger partial charge in [-0.3, -0.25) is 0 Å². The second-order valence-electron chi connectivity index (χ2n) is 1.10. The first kappa shape index (κ1) is 2.64. The lowest BCUT2D eigenvalue weighted by Crippen LogP contribution is -1.70. The zero-order valence-corrected chi connectivity index (χ0v) is 2.72. The number of aldehydes is 1. The lowest BCUT2D eigenvalue weighted by molar-refractivity contribution is -0.108. The van der Waals surface area contributed by atoms with Gasteiger partial charge in [-0.25, -0.2) is 0 Å². The van der Waals surface area contributed by atoms with E-state index >= 15 is 0 Å². The van der Waals surface area contributed by atoms with E-state index in [9.17, 15) is 4.79 Å². The van der Waals surface area contributed by atoms with Crippen LogP contribution in [-0.2, 0) is 4.79 Å². The van der Waals surface area contributed by atoms with Gasteiger partial charge in [-0.1, -0.05) is 12.2 Å². The van der Waals surface area contributed by atoms with Crippen molar-refractivity contribution in [3.8, 4) is 0 Å². The Kier molecular flexibility index (Phi) is 0.357. The molecule has 0 aliphatic heterocycles. The molecule has 1 heteroatoms. The van der Waals surface area contributed by atoms with E-state index in [1.54, 1.807) is 0 Å². The first-order valence-electron chi connectivity index (χ1n) is 1.57. The molecule has 0 saturated carbocycles. The van der Waals surface area contributed by atoms with E-state index in [1.165, 1.54) is 0 Å². The molecule has 1 aliphatic carbocycles. The quantitative estimate of drug-likeness (QED) is 0.320. The molecule has 0 N–H and O–H groups in total. The van der Waals surface area contributed by atoms with E-state index in [0.717, 1.165) is 6.29 Å². The molecular weight excluding hydrogens is 64.0 g/mol. The Morgan fingerprint density at radius 2 is 2.20 bits per heavy atom. The standard InChI is InChI=1S/C4H4O/c5-3-4-1-2-4/h1-4H. The Labute approximate surface area is 30.3 Å². The fourth-order valence-corrected chi connectivity index (χ4v) is 0.155. The maximum absolute atomic E-state index is 9.50. The lowest BCUT2D eigenvalue weighted by Gasteiger charge is -1.59. The number of carbonyl (C=O) groups is 1. The predicted molar refractivity (Wildman–Crippen MR) is 18.7 cm³/mol. The minimum absolute atomic E-state index is 0.204. The Hall–Kier alpha value is -0.590. The Morgan fingerprint density at radius 3 is 2.20 bits per heavy atom. The van der Waals surface area contributed by atoms with Crippen LogP contribution in [0, 0.1) is 5.92 Å². The summed E-state index contributed by atoms with van der Waals surface area (Å²) in [5, 5.41) is 0. The molecule has 26 valence electrons. The van der Waals surface area contributed by atoms with Gasteiger partial charge in [0.1, 0.15) is 6.29 Å². The first-order valence-corrected chi connectivity index (χ1v) is 1.57. The highest BCUT2D eigenvalue weighted by Gasteiger charge is 2.05. The van der Waals surface area contributed by atoms with Crippen LogP contribution < -0.4 is 0 Å². The zero-order chi connectivity index (χ0) is 3.70. The monoisotopic (exact) mass is 68.0 g/mol. The van der Waals surface area contributed by atoms with Gasteiger partial charge in [0.05, 0.1) is 5.92 Å². The number of allylic oxidation sites excluding steroid dienone is 2. The summed E-state index contributed by atoms with van der Waals surface area (Å²) >= 11 is 0. The smallest absolute Gasteiger partial charge is 0.130 e. The minimum atomic E-state index is 0.204. The van der Waals surface area contributed by atoms with Crippen LogP contribution >= 0.6 is 0 Å². The number of rotatable bonds is 1. The second kappa shape index (κ2) is 0.677. The number of hydrogen-bond donors (Lipinski definition) is 0. The molecule has 0 atom stereocenters. The molecule has 0 aromatic carbocycles. The van der Waals surface area contributed by atoms with E-state index < -0.39 is 0 Å². The van der Waals surface area contributed by atoms with E-state index in [2.05, 4.69) is 0 Å². The van der Waals surface area contributed by atoms with Crippen LogP contribution in [-0.4, -0.2) is 6.29 Å². The van der Waals surface area contributed by atoms with Crippen molar-refractivity contribution in [3.05, 3.63) is 12.2 Å². The van der Waals surface area contributed by atoms with Crippen LogP contribution in [0.4, 0.5) is 0 Å². The average molecular weight is 68.1 g/mol. The van der Waals surface area contributed by atoms with Gasteiger partial charge in [-0.15, -0.1) is 0 Å². The molecule has 0 radical (unpaired) electrons. The fourth-order valence-electron chi connectivity index (χ4n) is 0.155. The van der Waals surface area contributed by atoms with Crippen LogP contribution in [0.25, 0.3) is 0 Å². The Balaban J connectivity index is 2.28. The minimum Gasteiger partial charge on any atom is -0.302 e. The van der Waals surface area contributed by atoms with Crippen molar-refractivity contribution >= 4 is 6.29 Å². The van der Waals surface area contributed by atoms with Crippen LogP contribution in [0.15, 0.2) is 12.2 Å². The Morgan fingerprint density at radius 1 is 1.60 bits per heavy atom. The van der Waals surface area contributed by atoms with Crippen LogP contribution in [0.1, 0.15) is 0 Å². The lowest BCUT2D eigenvalue weighted by atomic mass is 10.5. The molecule has 0 bridgehead atoms. The summed E-state index contributed by atoms with van der Waals surface area (Å²) < 4.78 is 0. The van der Waals surface area contributed by atoms with Crippen molar-refractivity contribution in [1.82, 2.24) is 0 Å². The third-order valence-corrected chi connectivity index (χ3v) is 0.572. The summed E-state index contributed by atoms with van der Waals surface area (Å²) in [4.78, 5) is 9.50. The Bertz CT molecular complexity index is 67.7. The van der Waals surface area contributed by atoms with Crippen LogP contribution in [0.2, 0.25) is 0 Å². The zero-order valence-electron chi connectivity index (χ0n) is 2.72. The molecule has 0 saturated heterocycles. The van der Waals surface area contributed by atoms with E-state index in [0.29, 0.717) is 0 Å². The van der Waals surface area contributed by atoms with E-state index in [1.807, 2.05) is 12.2 Å². The summed E-state index contributed by atoms with van der Waals surface area (Å²) in [5.74, 6) is 0.204. The molecule has 0 unspecified atom stereocenters. The van der Waals surface area contributed by atoms with Gasteiger partial charge in [0.2, 0.25) is 0 Å². The normalized spacial score (nSPS) is 19.2. The van der Waals surface area contributed by atoms with Gasteiger partial charge in [-0.05, 0) is 0 Å². The summed E-state index contributed by atoms with van der Waals surface area (Å²) in [7, 11) is 0. The van der Waals surface area contributed by atoms with Crippen molar-refractivity contribution < 1.29 is 4.79 Å². The van der Waals surface area contributed by atoms with Crippen molar-refractivity contribution in [2.75, 3.05) is 0 Å². The number of carbonyl (C=O) groups excluding carboxylic acids is 1. The molecule has 1 aliphatic rings. The molecular formula is C4H4O.